The Kier molecular flexibility index (Phi) is 5.13. The van der Waals surface area contributed by atoms with E-state index in [1.165, 1.54) is 18.3 Å². The molecule has 0 aliphatic carbocycles. The minimum atomic E-state index is -5.11. The van der Waals surface area contributed by atoms with Crippen molar-refractivity contribution >= 4 is 50.4 Å². The Hall–Kier alpha value is -2.47. The van der Waals surface area contributed by atoms with E-state index in [0.29, 0.717) is 4.47 Å². The van der Waals surface area contributed by atoms with Gasteiger partial charge in [-0.15, -0.1) is 0 Å². The van der Waals surface area contributed by atoms with Gasteiger partial charge in [-0.25, -0.2) is 4.98 Å². The van der Waals surface area contributed by atoms with Crippen LogP contribution in [0.4, 0.5) is 36.1 Å². The lowest BCUT2D eigenvalue weighted by Crippen LogP contribution is -2.11. The van der Waals surface area contributed by atoms with Crippen LogP contribution < -0.4 is 5.32 Å². The topological polar surface area (TPSA) is 111 Å². The molecule has 0 aliphatic heterocycles. The van der Waals surface area contributed by atoms with Crippen molar-refractivity contribution in [3.8, 4) is 0 Å². The quantitative estimate of drug-likeness (QED) is 0.523. The normalized spacial score (nSPS) is 11.2. The van der Waals surface area contributed by atoms with Gasteiger partial charge in [0.25, 0.3) is 0 Å². The van der Waals surface area contributed by atoms with Gasteiger partial charge < -0.3 is 5.32 Å². The van der Waals surface area contributed by atoms with Crippen molar-refractivity contribution in [3.05, 3.63) is 59.7 Å². The average molecular weight is 442 g/mol. The van der Waals surface area contributed by atoms with Gasteiger partial charge in [0.05, 0.1) is 15.4 Å². The van der Waals surface area contributed by atoms with E-state index in [2.05, 4.69) is 26.2 Å². The van der Waals surface area contributed by atoms with Crippen LogP contribution >= 0.6 is 27.5 Å². The molecular weight excluding hydrogens is 437 g/mol. The summed E-state index contributed by atoms with van der Waals surface area (Å²) >= 11 is 8.61. The fraction of sp³-hybridized carbons (Fsp3) is 0.0833. The third-order valence-corrected chi connectivity index (χ3v) is 3.74. The van der Waals surface area contributed by atoms with Crippen LogP contribution in [0.15, 0.2) is 28.9 Å². The monoisotopic (exact) mass is 440 g/mol. The highest BCUT2D eigenvalue weighted by molar-refractivity contribution is 9.10. The van der Waals surface area contributed by atoms with E-state index in [1.807, 2.05) is 0 Å². The van der Waals surface area contributed by atoms with Crippen molar-refractivity contribution in [1.29, 1.82) is 0 Å². The van der Waals surface area contributed by atoms with E-state index < -0.39 is 43.7 Å². The first-order chi connectivity index (χ1) is 11.5. The molecular formula is C12H5BrClF3N4O4. The van der Waals surface area contributed by atoms with Crippen molar-refractivity contribution in [2.24, 2.45) is 0 Å². The van der Waals surface area contributed by atoms with E-state index in [-0.39, 0.29) is 11.9 Å². The lowest BCUT2D eigenvalue weighted by Gasteiger charge is -2.13. The van der Waals surface area contributed by atoms with Gasteiger partial charge in [-0.2, -0.15) is 13.2 Å². The number of rotatable bonds is 4. The summed E-state index contributed by atoms with van der Waals surface area (Å²) < 4.78 is 39.5. The number of hydrogen-bond donors (Lipinski definition) is 1. The molecule has 8 nitrogen and oxygen atoms in total. The van der Waals surface area contributed by atoms with E-state index in [0.717, 1.165) is 0 Å². The third-order valence-electron chi connectivity index (χ3n) is 2.88. The van der Waals surface area contributed by atoms with Crippen LogP contribution in [0, 0.1) is 20.2 Å². The van der Waals surface area contributed by atoms with Crippen LogP contribution in [0.1, 0.15) is 5.56 Å². The average Bonchev–Trinajstić information content (AvgIpc) is 2.47. The summed E-state index contributed by atoms with van der Waals surface area (Å²) in [4.78, 5) is 23.7. The Labute approximate surface area is 150 Å². The lowest BCUT2D eigenvalue weighted by atomic mass is 10.1. The maximum Gasteiger partial charge on any atom is 0.418 e. The molecule has 0 saturated carbocycles. The number of halogens is 5. The number of benzene rings is 1. The largest absolute Gasteiger partial charge is 0.418 e. The lowest BCUT2D eigenvalue weighted by molar-refractivity contribution is -0.392. The first-order valence-electron chi connectivity index (χ1n) is 6.13. The molecule has 1 heterocycles. The van der Waals surface area contributed by atoms with Crippen molar-refractivity contribution in [1.82, 2.24) is 4.98 Å². The van der Waals surface area contributed by atoms with Gasteiger partial charge in [0.1, 0.15) is 10.8 Å². The van der Waals surface area contributed by atoms with Crippen LogP contribution in [0.2, 0.25) is 5.02 Å². The highest BCUT2D eigenvalue weighted by Crippen LogP contribution is 2.48. The molecule has 0 radical (unpaired) electrons. The molecule has 132 valence electrons. The maximum absolute atomic E-state index is 13.0. The van der Waals surface area contributed by atoms with Crippen molar-refractivity contribution < 1.29 is 23.0 Å². The smallest absolute Gasteiger partial charge is 0.329 e. The molecule has 25 heavy (non-hydrogen) atoms. The van der Waals surface area contributed by atoms with Crippen molar-refractivity contribution in [3.63, 3.8) is 0 Å². The summed E-state index contributed by atoms with van der Waals surface area (Å²) in [5.41, 5.74) is -4.91. The predicted molar refractivity (Wildman–Crippen MR) is 85.0 cm³/mol. The summed E-state index contributed by atoms with van der Waals surface area (Å²) in [6, 6.07) is 2.92. The van der Waals surface area contributed by atoms with Crippen molar-refractivity contribution in [2.45, 2.75) is 6.18 Å². The maximum atomic E-state index is 13.0. The minimum absolute atomic E-state index is 0.0646. The molecule has 0 atom stereocenters. The first kappa shape index (κ1) is 18.9. The summed E-state index contributed by atoms with van der Waals surface area (Å²) in [5, 5.41) is 23.4. The van der Waals surface area contributed by atoms with Gasteiger partial charge in [-0.1, -0.05) is 11.6 Å². The van der Waals surface area contributed by atoms with Gasteiger partial charge in [-0.05, 0) is 28.1 Å². The van der Waals surface area contributed by atoms with Crippen LogP contribution in [0.5, 0.6) is 0 Å². The van der Waals surface area contributed by atoms with Crippen LogP contribution in [0.25, 0.3) is 0 Å². The molecule has 2 aromatic rings. The fourth-order valence-electron chi connectivity index (χ4n) is 1.85. The molecule has 0 unspecified atom stereocenters. The summed E-state index contributed by atoms with van der Waals surface area (Å²) in [7, 11) is 0. The predicted octanol–water partition coefficient (Wildman–Crippen LogP) is 5.08. The summed E-state index contributed by atoms with van der Waals surface area (Å²) in [6.45, 7) is 0. The number of nitro benzene ring substituents is 2. The van der Waals surface area contributed by atoms with Gasteiger partial charge in [0, 0.05) is 16.7 Å². The number of aromatic nitrogens is 1. The van der Waals surface area contributed by atoms with Gasteiger partial charge in [-0.3, -0.25) is 20.2 Å². The highest BCUT2D eigenvalue weighted by Gasteiger charge is 2.42. The molecule has 0 spiro atoms. The van der Waals surface area contributed by atoms with E-state index >= 15 is 0 Å². The molecule has 0 amide bonds. The number of nitrogens with zero attached hydrogens (tertiary/aromatic N) is 3. The number of alkyl halides is 3. The Morgan fingerprint density at radius 3 is 2.28 bits per heavy atom. The Balaban J connectivity index is 2.76. The SMILES string of the molecule is O=[N+]([O-])c1cc(C(F)(F)F)c(Cl)c([N+](=O)[O-])c1Nc1ccc(Br)cn1. The zero-order valence-electron chi connectivity index (χ0n) is 11.7. The Bertz CT molecular complexity index is 861. The van der Waals surface area contributed by atoms with E-state index in [4.69, 9.17) is 11.6 Å². The van der Waals surface area contributed by atoms with E-state index in [9.17, 15) is 33.4 Å². The Morgan fingerprint density at radius 2 is 1.84 bits per heavy atom. The third kappa shape index (κ3) is 3.96. The van der Waals surface area contributed by atoms with Crippen LogP contribution in [-0.4, -0.2) is 14.8 Å². The second kappa shape index (κ2) is 6.80. The molecule has 1 N–H and O–H groups in total. The van der Waals surface area contributed by atoms with Gasteiger partial charge in [0.15, 0.2) is 5.69 Å². The van der Waals surface area contributed by atoms with E-state index in [1.54, 1.807) is 0 Å². The number of anilines is 2. The summed E-state index contributed by atoms with van der Waals surface area (Å²) in [5.74, 6) is -0.0646. The summed E-state index contributed by atoms with van der Waals surface area (Å²) in [6.07, 6.45) is -3.83. The Morgan fingerprint density at radius 1 is 1.20 bits per heavy atom. The van der Waals surface area contributed by atoms with Crippen LogP contribution in [-0.2, 0) is 6.18 Å². The number of nitrogens with one attached hydrogen (secondary N) is 1. The standard InChI is InChI=1S/C12H5BrClF3N4O4/c13-5-1-2-8(18-4-5)19-10-7(20(22)23)3-6(12(15,16)17)9(14)11(10)21(24)25/h1-4H,(H,18,19). The number of nitro groups is 2. The molecule has 0 fully saturated rings. The number of hydrogen-bond acceptors (Lipinski definition) is 6. The number of pyridine rings is 1. The molecule has 2 rings (SSSR count). The van der Waals surface area contributed by atoms with Crippen LogP contribution in [0.3, 0.4) is 0 Å². The van der Waals surface area contributed by atoms with Gasteiger partial charge in [0.2, 0.25) is 0 Å². The van der Waals surface area contributed by atoms with Gasteiger partial charge >= 0.3 is 17.6 Å². The molecule has 0 bridgehead atoms. The molecule has 13 heteroatoms. The molecule has 0 saturated heterocycles. The van der Waals surface area contributed by atoms with Crippen molar-refractivity contribution in [2.75, 3.05) is 5.32 Å². The second-order valence-corrected chi connectivity index (χ2v) is 5.77. The molecule has 0 aliphatic rings. The molecule has 1 aromatic heterocycles. The second-order valence-electron chi connectivity index (χ2n) is 4.48. The zero-order chi connectivity index (χ0) is 18.9. The molecule has 1 aromatic carbocycles. The highest BCUT2D eigenvalue weighted by atomic mass is 79.9. The fourth-order valence-corrected chi connectivity index (χ4v) is 2.41. The first-order valence-corrected chi connectivity index (χ1v) is 7.30. The zero-order valence-corrected chi connectivity index (χ0v) is 14.0. The minimum Gasteiger partial charge on any atom is -0.329 e.